The molecule has 1 aliphatic rings. The minimum Gasteiger partial charge on any atom is -0.339 e. The predicted molar refractivity (Wildman–Crippen MR) is 78.2 cm³/mol. The van der Waals surface area contributed by atoms with Crippen LogP contribution in [0.5, 0.6) is 0 Å². The first kappa shape index (κ1) is 13.1. The molecule has 2 heterocycles. The minimum atomic E-state index is 0.384. The Morgan fingerprint density at radius 3 is 3.11 bits per heavy atom. The van der Waals surface area contributed by atoms with Crippen LogP contribution < -0.4 is 5.32 Å². The van der Waals surface area contributed by atoms with Gasteiger partial charge in [0, 0.05) is 15.9 Å². The predicted octanol–water partition coefficient (Wildman–Crippen LogP) is 3.20. The van der Waals surface area contributed by atoms with Gasteiger partial charge in [0.25, 0.3) is 0 Å². The first-order valence-electron chi connectivity index (χ1n) is 6.23. The molecule has 1 aliphatic heterocycles. The van der Waals surface area contributed by atoms with Gasteiger partial charge in [-0.05, 0) is 41.0 Å². The number of benzene rings is 1. The highest BCUT2D eigenvalue weighted by atomic mass is 79.9. The molecule has 0 spiro atoms. The molecular weight excluding hydrogens is 326 g/mol. The fourth-order valence-corrected chi connectivity index (χ4v) is 3.47. The molecule has 1 atom stereocenters. The van der Waals surface area contributed by atoms with Gasteiger partial charge >= 0.3 is 0 Å². The molecule has 0 bridgehead atoms. The van der Waals surface area contributed by atoms with Crippen LogP contribution in [0.3, 0.4) is 0 Å². The molecule has 100 valence electrons. The Morgan fingerprint density at radius 1 is 1.42 bits per heavy atom. The van der Waals surface area contributed by atoms with Crippen molar-refractivity contribution in [3.05, 3.63) is 40.5 Å². The summed E-state index contributed by atoms with van der Waals surface area (Å²) >= 11 is 5.24. The normalized spacial score (nSPS) is 18.9. The highest BCUT2D eigenvalue weighted by molar-refractivity contribution is 9.10. The summed E-state index contributed by atoms with van der Waals surface area (Å²) in [6, 6.07) is 8.15. The van der Waals surface area contributed by atoms with Gasteiger partial charge in [0.2, 0.25) is 5.89 Å². The molecule has 1 N–H and O–H groups in total. The van der Waals surface area contributed by atoms with E-state index in [1.54, 1.807) is 11.8 Å². The maximum absolute atomic E-state index is 5.34. The average Bonchev–Trinajstić information content (AvgIpc) is 3.09. The minimum absolute atomic E-state index is 0.384. The van der Waals surface area contributed by atoms with E-state index in [0.717, 1.165) is 41.5 Å². The molecule has 0 amide bonds. The smallest absolute Gasteiger partial charge is 0.231 e. The number of aromatic nitrogens is 2. The van der Waals surface area contributed by atoms with Gasteiger partial charge in [-0.2, -0.15) is 4.98 Å². The first-order valence-corrected chi connectivity index (χ1v) is 8.01. The van der Waals surface area contributed by atoms with E-state index in [-0.39, 0.29) is 0 Å². The van der Waals surface area contributed by atoms with E-state index in [1.807, 2.05) is 18.2 Å². The van der Waals surface area contributed by atoms with E-state index in [0.29, 0.717) is 5.92 Å². The highest BCUT2D eigenvalue weighted by Crippen LogP contribution is 2.29. The summed E-state index contributed by atoms with van der Waals surface area (Å²) in [7, 11) is 0. The maximum atomic E-state index is 5.34. The summed E-state index contributed by atoms with van der Waals surface area (Å²) in [6.45, 7) is 1.98. The Kier molecular flexibility index (Phi) is 4.20. The number of nitrogens with one attached hydrogen (secondary N) is 1. The lowest BCUT2D eigenvalue weighted by Gasteiger charge is -2.01. The third kappa shape index (κ3) is 3.19. The average molecular weight is 340 g/mol. The monoisotopic (exact) mass is 339 g/mol. The van der Waals surface area contributed by atoms with Gasteiger partial charge in [0.1, 0.15) is 0 Å². The van der Waals surface area contributed by atoms with Crippen LogP contribution >= 0.6 is 27.7 Å². The van der Waals surface area contributed by atoms with Gasteiger partial charge in [-0.25, -0.2) is 0 Å². The molecule has 6 heteroatoms. The van der Waals surface area contributed by atoms with Gasteiger partial charge in [-0.15, -0.1) is 11.8 Å². The quantitative estimate of drug-likeness (QED) is 0.867. The summed E-state index contributed by atoms with van der Waals surface area (Å²) in [4.78, 5) is 5.67. The van der Waals surface area contributed by atoms with E-state index in [4.69, 9.17) is 4.52 Å². The number of thioether (sulfide) groups is 1. The molecule has 0 saturated carbocycles. The fourth-order valence-electron chi connectivity index (χ4n) is 2.06. The number of halogens is 1. The third-order valence-corrected chi connectivity index (χ3v) is 5.11. The summed E-state index contributed by atoms with van der Waals surface area (Å²) in [6.07, 6.45) is 1.08. The van der Waals surface area contributed by atoms with E-state index < -0.39 is 0 Å². The van der Waals surface area contributed by atoms with E-state index >= 15 is 0 Å². The SMILES string of the molecule is Brc1ccccc1SCc1noc(C2CCNC2)n1. The van der Waals surface area contributed by atoms with Crippen LogP contribution in [0.2, 0.25) is 0 Å². The second kappa shape index (κ2) is 6.07. The lowest BCUT2D eigenvalue weighted by atomic mass is 10.1. The first-order chi connectivity index (χ1) is 9.33. The van der Waals surface area contributed by atoms with E-state index in [9.17, 15) is 0 Å². The van der Waals surface area contributed by atoms with Crippen LogP contribution in [-0.4, -0.2) is 23.2 Å². The summed E-state index contributed by atoms with van der Waals surface area (Å²) < 4.78 is 6.44. The second-order valence-electron chi connectivity index (χ2n) is 4.46. The highest BCUT2D eigenvalue weighted by Gasteiger charge is 2.22. The Morgan fingerprint density at radius 2 is 2.32 bits per heavy atom. The zero-order valence-electron chi connectivity index (χ0n) is 10.3. The molecule has 0 radical (unpaired) electrons. The molecule has 19 heavy (non-hydrogen) atoms. The number of nitrogens with zero attached hydrogens (tertiary/aromatic N) is 2. The van der Waals surface area contributed by atoms with Crippen LogP contribution in [0.25, 0.3) is 0 Å². The van der Waals surface area contributed by atoms with Crippen molar-refractivity contribution >= 4 is 27.7 Å². The van der Waals surface area contributed by atoms with E-state index in [1.165, 1.54) is 4.90 Å². The van der Waals surface area contributed by atoms with Crippen molar-refractivity contribution in [3.63, 3.8) is 0 Å². The molecule has 0 aliphatic carbocycles. The van der Waals surface area contributed by atoms with Crippen molar-refractivity contribution in [1.82, 2.24) is 15.5 Å². The van der Waals surface area contributed by atoms with Crippen LogP contribution in [-0.2, 0) is 5.75 Å². The maximum Gasteiger partial charge on any atom is 0.231 e. The van der Waals surface area contributed by atoms with Crippen molar-refractivity contribution in [3.8, 4) is 0 Å². The van der Waals surface area contributed by atoms with Crippen LogP contribution in [0.4, 0.5) is 0 Å². The number of hydrogen-bond acceptors (Lipinski definition) is 5. The molecule has 1 fully saturated rings. The largest absolute Gasteiger partial charge is 0.339 e. The number of hydrogen-bond donors (Lipinski definition) is 1. The van der Waals surface area contributed by atoms with Crippen LogP contribution in [0.1, 0.15) is 24.1 Å². The molecule has 3 rings (SSSR count). The summed E-state index contributed by atoms with van der Waals surface area (Å²) in [5, 5.41) is 7.36. The van der Waals surface area contributed by atoms with Crippen molar-refractivity contribution in [1.29, 1.82) is 0 Å². The van der Waals surface area contributed by atoms with Crippen molar-refractivity contribution in [2.75, 3.05) is 13.1 Å². The van der Waals surface area contributed by atoms with Crippen molar-refractivity contribution in [2.45, 2.75) is 23.0 Å². The van der Waals surface area contributed by atoms with Gasteiger partial charge in [0.05, 0.1) is 11.7 Å². The van der Waals surface area contributed by atoms with Crippen molar-refractivity contribution in [2.24, 2.45) is 0 Å². The van der Waals surface area contributed by atoms with E-state index in [2.05, 4.69) is 37.5 Å². The molecule has 1 aromatic heterocycles. The zero-order chi connectivity index (χ0) is 13.1. The Balaban J connectivity index is 1.63. The molecule has 1 unspecified atom stereocenters. The van der Waals surface area contributed by atoms with Crippen molar-refractivity contribution < 1.29 is 4.52 Å². The van der Waals surface area contributed by atoms with Gasteiger partial charge in [-0.1, -0.05) is 17.3 Å². The Labute approximate surface area is 124 Å². The summed E-state index contributed by atoms with van der Waals surface area (Å²) in [5.41, 5.74) is 0. The fraction of sp³-hybridized carbons (Fsp3) is 0.385. The van der Waals surface area contributed by atoms with Crippen LogP contribution in [0.15, 0.2) is 38.2 Å². The third-order valence-electron chi connectivity index (χ3n) is 3.09. The Hall–Kier alpha value is -0.850. The van der Waals surface area contributed by atoms with Gasteiger partial charge in [0.15, 0.2) is 5.82 Å². The van der Waals surface area contributed by atoms with Crippen LogP contribution in [0, 0.1) is 0 Å². The molecule has 1 saturated heterocycles. The molecule has 1 aromatic carbocycles. The standard InChI is InChI=1S/C13H14BrN3OS/c14-10-3-1-2-4-11(10)19-8-12-16-13(18-17-12)9-5-6-15-7-9/h1-4,9,15H,5-8H2. The zero-order valence-corrected chi connectivity index (χ0v) is 12.7. The topological polar surface area (TPSA) is 51.0 Å². The molecule has 2 aromatic rings. The second-order valence-corrected chi connectivity index (χ2v) is 6.33. The molecular formula is C13H14BrN3OS. The van der Waals surface area contributed by atoms with Gasteiger partial charge < -0.3 is 9.84 Å². The summed E-state index contributed by atoms with van der Waals surface area (Å²) in [5.74, 6) is 2.65. The lowest BCUT2D eigenvalue weighted by Crippen LogP contribution is -2.08. The Bertz CT molecular complexity index is 554. The lowest BCUT2D eigenvalue weighted by molar-refractivity contribution is 0.355. The molecule has 4 nitrogen and oxygen atoms in total. The number of rotatable bonds is 4. The van der Waals surface area contributed by atoms with Gasteiger partial charge in [-0.3, -0.25) is 0 Å².